The van der Waals surface area contributed by atoms with Crippen molar-refractivity contribution in [1.82, 2.24) is 9.38 Å². The van der Waals surface area contributed by atoms with Gasteiger partial charge in [0.05, 0.1) is 11.2 Å². The second-order valence-corrected chi connectivity index (χ2v) is 3.93. The minimum absolute atomic E-state index is 0.0348. The van der Waals surface area contributed by atoms with Crippen LogP contribution in [-0.4, -0.2) is 9.38 Å². The summed E-state index contributed by atoms with van der Waals surface area (Å²) in [6.45, 7) is 6.16. The first-order chi connectivity index (χ1) is 7.15. The molecule has 0 aliphatic carbocycles. The van der Waals surface area contributed by atoms with Crippen LogP contribution < -0.4 is 5.73 Å². The number of rotatable bonds is 2. The lowest BCUT2D eigenvalue weighted by molar-refractivity contribution is 0.744. The van der Waals surface area contributed by atoms with Crippen LogP contribution in [0.1, 0.15) is 37.1 Å². The van der Waals surface area contributed by atoms with Gasteiger partial charge in [0.1, 0.15) is 5.82 Å². The van der Waals surface area contributed by atoms with Crippen LogP contribution in [0.15, 0.2) is 18.2 Å². The first-order valence-corrected chi connectivity index (χ1v) is 5.37. The van der Waals surface area contributed by atoms with Gasteiger partial charge in [0.2, 0.25) is 0 Å². The summed E-state index contributed by atoms with van der Waals surface area (Å²) in [4.78, 5) is 4.56. The molecular formula is C12H17N3. The second kappa shape index (κ2) is 3.66. The standard InChI is InChI=1S/C12H17N3/c1-4-12-14-9(3)11-7-5-6-10(8(2)13)15(11)12/h5-8H,4,13H2,1-3H3. The number of hydrogen-bond donors (Lipinski definition) is 1. The van der Waals surface area contributed by atoms with Gasteiger partial charge in [0.25, 0.3) is 0 Å². The SMILES string of the molecule is CCc1nc(C)c2cccc(C(C)N)n12. The van der Waals surface area contributed by atoms with Crippen molar-refractivity contribution in [1.29, 1.82) is 0 Å². The van der Waals surface area contributed by atoms with E-state index in [1.807, 2.05) is 19.9 Å². The van der Waals surface area contributed by atoms with E-state index in [0.29, 0.717) is 0 Å². The molecule has 15 heavy (non-hydrogen) atoms. The Labute approximate surface area is 89.9 Å². The highest BCUT2D eigenvalue weighted by Gasteiger charge is 2.11. The zero-order chi connectivity index (χ0) is 11.0. The fourth-order valence-corrected chi connectivity index (χ4v) is 1.99. The zero-order valence-corrected chi connectivity index (χ0v) is 9.49. The number of aryl methyl sites for hydroxylation is 2. The summed E-state index contributed by atoms with van der Waals surface area (Å²) in [5.41, 5.74) is 9.34. The summed E-state index contributed by atoms with van der Waals surface area (Å²) in [7, 11) is 0. The molecule has 2 N–H and O–H groups in total. The molecule has 0 aliphatic heterocycles. The minimum Gasteiger partial charge on any atom is -0.323 e. The predicted molar refractivity (Wildman–Crippen MR) is 61.9 cm³/mol. The molecule has 3 nitrogen and oxygen atoms in total. The second-order valence-electron chi connectivity index (χ2n) is 3.93. The van der Waals surface area contributed by atoms with Gasteiger partial charge in [-0.1, -0.05) is 13.0 Å². The number of nitrogens with two attached hydrogens (primary N) is 1. The Bertz CT molecular complexity index is 483. The Balaban J connectivity index is 2.82. The third-order valence-corrected chi connectivity index (χ3v) is 2.73. The van der Waals surface area contributed by atoms with Gasteiger partial charge in [-0.15, -0.1) is 0 Å². The maximum Gasteiger partial charge on any atom is 0.113 e. The maximum atomic E-state index is 5.96. The van der Waals surface area contributed by atoms with Crippen molar-refractivity contribution in [2.24, 2.45) is 5.73 Å². The molecule has 0 bridgehead atoms. The van der Waals surface area contributed by atoms with Crippen LogP contribution in [0.5, 0.6) is 0 Å². The van der Waals surface area contributed by atoms with Gasteiger partial charge in [-0.25, -0.2) is 4.98 Å². The van der Waals surface area contributed by atoms with Gasteiger partial charge in [0, 0.05) is 18.2 Å². The molecule has 0 spiro atoms. The molecule has 2 aromatic heterocycles. The number of nitrogens with zero attached hydrogens (tertiary/aromatic N) is 2. The van der Waals surface area contributed by atoms with Crippen molar-refractivity contribution in [3.05, 3.63) is 35.4 Å². The lowest BCUT2D eigenvalue weighted by Gasteiger charge is -2.10. The van der Waals surface area contributed by atoms with Crippen LogP contribution in [0, 0.1) is 6.92 Å². The van der Waals surface area contributed by atoms with Crippen LogP contribution in [0.4, 0.5) is 0 Å². The van der Waals surface area contributed by atoms with E-state index in [1.54, 1.807) is 0 Å². The predicted octanol–water partition coefficient (Wildman–Crippen LogP) is 2.22. The Morgan fingerprint density at radius 2 is 2.20 bits per heavy atom. The van der Waals surface area contributed by atoms with E-state index in [1.165, 1.54) is 5.52 Å². The third-order valence-electron chi connectivity index (χ3n) is 2.73. The van der Waals surface area contributed by atoms with Gasteiger partial charge >= 0.3 is 0 Å². The van der Waals surface area contributed by atoms with Crippen molar-refractivity contribution >= 4 is 5.52 Å². The lowest BCUT2D eigenvalue weighted by Crippen LogP contribution is -2.11. The van der Waals surface area contributed by atoms with Crippen LogP contribution in [0.3, 0.4) is 0 Å². The highest BCUT2D eigenvalue weighted by Crippen LogP contribution is 2.19. The van der Waals surface area contributed by atoms with Gasteiger partial charge in [0.15, 0.2) is 0 Å². The molecule has 0 aliphatic rings. The third kappa shape index (κ3) is 1.53. The maximum absolute atomic E-state index is 5.96. The van der Waals surface area contributed by atoms with Gasteiger partial charge in [-0.05, 0) is 26.0 Å². The minimum atomic E-state index is 0.0348. The molecule has 1 atom stereocenters. The number of aromatic nitrogens is 2. The summed E-state index contributed by atoms with van der Waals surface area (Å²) >= 11 is 0. The van der Waals surface area contributed by atoms with Crippen molar-refractivity contribution < 1.29 is 0 Å². The molecule has 0 saturated heterocycles. The number of fused-ring (bicyclic) bond motifs is 1. The fraction of sp³-hybridized carbons (Fsp3) is 0.417. The highest BCUT2D eigenvalue weighted by molar-refractivity contribution is 5.54. The summed E-state index contributed by atoms with van der Waals surface area (Å²) in [6, 6.07) is 6.24. The Hall–Kier alpha value is -1.35. The lowest BCUT2D eigenvalue weighted by atomic mass is 10.2. The molecule has 80 valence electrons. The summed E-state index contributed by atoms with van der Waals surface area (Å²) in [5, 5.41) is 0. The van der Waals surface area contributed by atoms with Crippen LogP contribution in [0.25, 0.3) is 5.52 Å². The number of hydrogen-bond acceptors (Lipinski definition) is 2. The number of imidazole rings is 1. The topological polar surface area (TPSA) is 43.3 Å². The zero-order valence-electron chi connectivity index (χ0n) is 9.49. The fourth-order valence-electron chi connectivity index (χ4n) is 1.99. The highest BCUT2D eigenvalue weighted by atomic mass is 15.0. The Kier molecular flexibility index (Phi) is 2.49. The normalized spacial score (nSPS) is 13.3. The van der Waals surface area contributed by atoms with E-state index in [4.69, 9.17) is 5.73 Å². The van der Waals surface area contributed by atoms with E-state index in [0.717, 1.165) is 23.6 Å². The molecule has 0 amide bonds. The van der Waals surface area contributed by atoms with Gasteiger partial charge in [-0.2, -0.15) is 0 Å². The van der Waals surface area contributed by atoms with Crippen molar-refractivity contribution in [2.75, 3.05) is 0 Å². The first-order valence-electron chi connectivity index (χ1n) is 5.37. The van der Waals surface area contributed by atoms with E-state index in [2.05, 4.69) is 28.4 Å². The molecule has 2 aromatic rings. The molecule has 2 heterocycles. The molecule has 1 unspecified atom stereocenters. The van der Waals surface area contributed by atoms with Crippen LogP contribution in [-0.2, 0) is 6.42 Å². The monoisotopic (exact) mass is 203 g/mol. The Morgan fingerprint density at radius 1 is 1.47 bits per heavy atom. The molecule has 3 heteroatoms. The van der Waals surface area contributed by atoms with E-state index in [9.17, 15) is 0 Å². The van der Waals surface area contributed by atoms with Crippen molar-refractivity contribution in [3.63, 3.8) is 0 Å². The average molecular weight is 203 g/mol. The van der Waals surface area contributed by atoms with Gasteiger partial charge in [-0.3, -0.25) is 4.40 Å². The molecule has 0 aromatic carbocycles. The number of pyridine rings is 1. The van der Waals surface area contributed by atoms with E-state index < -0.39 is 0 Å². The molecule has 0 radical (unpaired) electrons. The Morgan fingerprint density at radius 3 is 2.80 bits per heavy atom. The van der Waals surface area contributed by atoms with Crippen LogP contribution in [0.2, 0.25) is 0 Å². The van der Waals surface area contributed by atoms with E-state index in [-0.39, 0.29) is 6.04 Å². The average Bonchev–Trinajstić information content (AvgIpc) is 2.55. The summed E-state index contributed by atoms with van der Waals surface area (Å²) < 4.78 is 2.18. The largest absolute Gasteiger partial charge is 0.323 e. The smallest absolute Gasteiger partial charge is 0.113 e. The molecule has 0 saturated carbocycles. The summed E-state index contributed by atoms with van der Waals surface area (Å²) in [5.74, 6) is 1.09. The van der Waals surface area contributed by atoms with Crippen LogP contribution >= 0.6 is 0 Å². The van der Waals surface area contributed by atoms with E-state index >= 15 is 0 Å². The first kappa shape index (κ1) is 10.2. The quantitative estimate of drug-likeness (QED) is 0.813. The summed E-state index contributed by atoms with van der Waals surface area (Å²) in [6.07, 6.45) is 0.929. The molecular weight excluding hydrogens is 186 g/mol. The molecule has 0 fully saturated rings. The van der Waals surface area contributed by atoms with Crippen molar-refractivity contribution in [3.8, 4) is 0 Å². The van der Waals surface area contributed by atoms with Crippen molar-refractivity contribution in [2.45, 2.75) is 33.2 Å². The molecule has 2 rings (SSSR count). The van der Waals surface area contributed by atoms with Gasteiger partial charge < -0.3 is 5.73 Å².